The molecule has 0 spiro atoms. The minimum atomic E-state index is -4.66. The largest absolute Gasteiger partial charge is 0.756 e. The maximum absolute atomic E-state index is 12.8. The number of quaternary nitrogens is 1. The Kier molecular flexibility index (Phi) is 52.2. The molecule has 0 rings (SSSR count). The fraction of sp³-hybridized carbons (Fsp3) is 0.576. The minimum absolute atomic E-state index is 0.0494. The van der Waals surface area contributed by atoms with Gasteiger partial charge in [0.25, 0.3) is 7.82 Å². The lowest BCUT2D eigenvalue weighted by Crippen LogP contribution is -2.37. The topological polar surface area (TPSA) is 111 Å². The van der Waals surface area contributed by atoms with Crippen LogP contribution < -0.4 is 4.89 Å². The summed E-state index contributed by atoms with van der Waals surface area (Å²) >= 11 is 0. The zero-order valence-corrected chi connectivity index (χ0v) is 49.3. The highest BCUT2D eigenvalue weighted by atomic mass is 31.2. The van der Waals surface area contributed by atoms with Crippen molar-refractivity contribution in [3.05, 3.63) is 158 Å². The van der Waals surface area contributed by atoms with Crippen LogP contribution in [0.2, 0.25) is 0 Å². The van der Waals surface area contributed by atoms with E-state index in [1.165, 1.54) is 38.5 Å². The van der Waals surface area contributed by atoms with Gasteiger partial charge in [-0.05, 0) is 116 Å². The number of rotatable bonds is 51. The van der Waals surface area contributed by atoms with Crippen LogP contribution in [0.4, 0.5) is 0 Å². The second-order valence-electron chi connectivity index (χ2n) is 19.9. The molecule has 0 amide bonds. The smallest absolute Gasteiger partial charge is 0.306 e. The van der Waals surface area contributed by atoms with Crippen LogP contribution in [0.5, 0.6) is 0 Å². The van der Waals surface area contributed by atoms with E-state index in [2.05, 4.69) is 166 Å². The van der Waals surface area contributed by atoms with Gasteiger partial charge in [0, 0.05) is 12.8 Å². The average molecular weight is 1070 g/mol. The summed E-state index contributed by atoms with van der Waals surface area (Å²) in [5, 5.41) is 0. The summed E-state index contributed by atoms with van der Waals surface area (Å²) in [5.74, 6) is -0.920. The van der Waals surface area contributed by atoms with Crippen molar-refractivity contribution in [3.8, 4) is 0 Å². The first-order chi connectivity index (χ1) is 37.0. The first-order valence-corrected chi connectivity index (χ1v) is 30.7. The number of phosphoric ester groups is 1. The Morgan fingerprint density at radius 3 is 1.09 bits per heavy atom. The van der Waals surface area contributed by atoms with Gasteiger partial charge in [-0.3, -0.25) is 14.2 Å². The lowest BCUT2D eigenvalue weighted by atomic mass is 10.0. The highest BCUT2D eigenvalue weighted by Crippen LogP contribution is 2.38. The van der Waals surface area contributed by atoms with Crippen molar-refractivity contribution in [2.45, 2.75) is 200 Å². The molecule has 0 aliphatic carbocycles. The normalized spacial score (nSPS) is 14.4. The molecule has 0 N–H and O–H groups in total. The molecular weight excluding hydrogens is 966 g/mol. The number of hydrogen-bond acceptors (Lipinski definition) is 8. The van der Waals surface area contributed by atoms with Gasteiger partial charge < -0.3 is 27.9 Å². The second kappa shape index (κ2) is 55.4. The number of carbonyl (C=O) groups excluding carboxylic acids is 2. The number of hydrogen-bond donors (Lipinski definition) is 0. The van der Waals surface area contributed by atoms with Crippen LogP contribution in [-0.4, -0.2) is 70.0 Å². The Morgan fingerprint density at radius 1 is 0.408 bits per heavy atom. The highest BCUT2D eigenvalue weighted by molar-refractivity contribution is 7.45. The maximum atomic E-state index is 12.8. The van der Waals surface area contributed by atoms with Crippen molar-refractivity contribution >= 4 is 19.8 Å². The number of carbonyl (C=O) groups is 2. The standard InChI is InChI=1S/C66H106NO8P/c1-6-8-10-12-14-16-18-20-22-24-25-26-27-28-29-30-31-32-33-34-35-36-37-38-39-40-41-43-45-47-49-51-53-55-57-59-66(69)75-64(63-74-76(70,71)73-61-60-67(3,4)5)62-72-65(68)58-56-54-52-50-48-46-44-42-23-21-19-17-15-13-11-9-7-2/h8-11,14-17,20-23,25-26,28-29,31-32,34-35,37-38,44,46,50,52,64H,6-7,12-13,18-19,24,27,30,33,36,39-43,45,47-49,51,53-63H2,1-5H3/b10-8-,11-9-,16-14-,17-15-,22-20-,23-21-,26-25-,29-28-,32-31-,35-34-,38-37-,46-44-,52-50-. The van der Waals surface area contributed by atoms with E-state index >= 15 is 0 Å². The van der Waals surface area contributed by atoms with Crippen molar-refractivity contribution in [3.63, 3.8) is 0 Å². The molecule has 0 fully saturated rings. The van der Waals surface area contributed by atoms with Crippen LogP contribution in [0.15, 0.2) is 158 Å². The Bertz CT molecular complexity index is 1840. The summed E-state index contributed by atoms with van der Waals surface area (Å²) in [6.45, 7) is 3.91. The first kappa shape index (κ1) is 71.6. The van der Waals surface area contributed by atoms with Crippen molar-refractivity contribution in [1.29, 1.82) is 0 Å². The predicted octanol–water partition coefficient (Wildman–Crippen LogP) is 17.8. The van der Waals surface area contributed by atoms with Crippen molar-refractivity contribution < 1.29 is 42.1 Å². The highest BCUT2D eigenvalue weighted by Gasteiger charge is 2.21. The summed E-state index contributed by atoms with van der Waals surface area (Å²) in [7, 11) is 1.11. The van der Waals surface area contributed by atoms with Crippen molar-refractivity contribution in [2.75, 3.05) is 47.5 Å². The second-order valence-corrected chi connectivity index (χ2v) is 21.3. The third-order valence-corrected chi connectivity index (χ3v) is 12.5. The summed E-state index contributed by atoms with van der Waals surface area (Å²) in [4.78, 5) is 37.8. The SMILES string of the molecule is CC/C=C\C/C=C\C/C=C\C/C=C\C/C=C\C/C=C\C/C=C\C/C=C\CCCCCCCCCCCCC(=O)OC(COC(=O)CCC/C=C\C/C=C\C/C=C\C/C=C\C/C=C\CC)COP(=O)([O-])OCC[N+](C)(C)C. The Balaban J connectivity index is 4.22. The fourth-order valence-electron chi connectivity index (χ4n) is 7.12. The van der Waals surface area contributed by atoms with E-state index < -0.39 is 32.5 Å². The zero-order chi connectivity index (χ0) is 55.6. The number of phosphoric acid groups is 1. The lowest BCUT2D eigenvalue weighted by Gasteiger charge is -2.28. The van der Waals surface area contributed by atoms with Crippen LogP contribution in [-0.2, 0) is 32.7 Å². The molecule has 9 nitrogen and oxygen atoms in total. The van der Waals surface area contributed by atoms with Gasteiger partial charge in [0.2, 0.25) is 0 Å². The molecule has 0 heterocycles. The fourth-order valence-corrected chi connectivity index (χ4v) is 7.85. The molecule has 0 aliphatic rings. The molecule has 10 heteroatoms. The van der Waals surface area contributed by atoms with Gasteiger partial charge in [0.05, 0.1) is 27.7 Å². The Morgan fingerprint density at radius 2 is 0.724 bits per heavy atom. The number of ether oxygens (including phenoxy) is 2. The quantitative estimate of drug-likeness (QED) is 0.0195. The van der Waals surface area contributed by atoms with E-state index in [1.54, 1.807) is 0 Å². The van der Waals surface area contributed by atoms with E-state index in [1.807, 2.05) is 27.2 Å². The molecule has 0 saturated carbocycles. The Labute approximate surface area is 465 Å². The van der Waals surface area contributed by atoms with E-state index in [0.717, 1.165) is 116 Å². The monoisotopic (exact) mass is 1070 g/mol. The zero-order valence-electron chi connectivity index (χ0n) is 48.4. The number of nitrogens with zero attached hydrogens (tertiary/aromatic N) is 1. The molecule has 76 heavy (non-hydrogen) atoms. The Hall–Kier alpha value is -4.37. The van der Waals surface area contributed by atoms with Crippen molar-refractivity contribution in [1.82, 2.24) is 0 Å². The number of unbranched alkanes of at least 4 members (excludes halogenated alkanes) is 11. The van der Waals surface area contributed by atoms with Crippen LogP contribution in [0.3, 0.4) is 0 Å². The van der Waals surface area contributed by atoms with Gasteiger partial charge in [0.1, 0.15) is 19.8 Å². The van der Waals surface area contributed by atoms with Gasteiger partial charge in [0.15, 0.2) is 6.10 Å². The molecule has 0 aromatic carbocycles. The number of esters is 2. The van der Waals surface area contributed by atoms with Gasteiger partial charge in [-0.1, -0.05) is 223 Å². The third-order valence-electron chi connectivity index (χ3n) is 11.5. The summed E-state index contributed by atoms with van der Waals surface area (Å²) in [5.41, 5.74) is 0. The van der Waals surface area contributed by atoms with Gasteiger partial charge in [-0.25, -0.2) is 0 Å². The molecule has 0 aromatic rings. The maximum Gasteiger partial charge on any atom is 0.306 e. The summed E-state index contributed by atoms with van der Waals surface area (Å²) in [6.07, 6.45) is 83.0. The van der Waals surface area contributed by atoms with Crippen LogP contribution in [0.25, 0.3) is 0 Å². The predicted molar refractivity (Wildman–Crippen MR) is 323 cm³/mol. The molecule has 428 valence electrons. The molecular formula is C66H106NO8P. The van der Waals surface area contributed by atoms with E-state index in [0.29, 0.717) is 23.9 Å². The molecule has 0 aromatic heterocycles. The molecule has 0 bridgehead atoms. The van der Waals surface area contributed by atoms with Crippen LogP contribution >= 0.6 is 7.82 Å². The number of likely N-dealkylation sites (N-methyl/N-ethyl adjacent to an activating group) is 1. The third kappa shape index (κ3) is 58.9. The summed E-state index contributed by atoms with van der Waals surface area (Å²) < 4.78 is 34.0. The van der Waals surface area contributed by atoms with Crippen LogP contribution in [0, 0.1) is 0 Å². The van der Waals surface area contributed by atoms with Crippen molar-refractivity contribution in [2.24, 2.45) is 0 Å². The van der Waals surface area contributed by atoms with Gasteiger partial charge in [-0.2, -0.15) is 0 Å². The average Bonchev–Trinajstić information content (AvgIpc) is 3.38. The number of allylic oxidation sites excluding steroid dienone is 26. The van der Waals surface area contributed by atoms with E-state index in [4.69, 9.17) is 18.5 Å². The minimum Gasteiger partial charge on any atom is -0.756 e. The van der Waals surface area contributed by atoms with Gasteiger partial charge >= 0.3 is 11.9 Å². The van der Waals surface area contributed by atoms with E-state index in [9.17, 15) is 19.0 Å². The lowest BCUT2D eigenvalue weighted by molar-refractivity contribution is -0.870. The molecule has 0 aliphatic heterocycles. The molecule has 2 atom stereocenters. The first-order valence-electron chi connectivity index (χ1n) is 29.2. The van der Waals surface area contributed by atoms with E-state index in [-0.39, 0.29) is 26.1 Å². The molecule has 2 unspecified atom stereocenters. The summed E-state index contributed by atoms with van der Waals surface area (Å²) in [6, 6.07) is 0. The molecule has 0 radical (unpaired) electrons. The van der Waals surface area contributed by atoms with Gasteiger partial charge in [-0.15, -0.1) is 0 Å². The van der Waals surface area contributed by atoms with Crippen LogP contribution in [0.1, 0.15) is 194 Å². The molecule has 0 saturated heterocycles.